The highest BCUT2D eigenvalue weighted by Gasteiger charge is 2.18. The average molecular weight is 1070 g/mol. The fourth-order valence-electron chi connectivity index (χ4n) is 10.9. The first kappa shape index (κ1) is 74.3. The van der Waals surface area contributed by atoms with Crippen LogP contribution in [0, 0.1) is 0 Å². The van der Waals surface area contributed by atoms with Crippen molar-refractivity contribution in [1.82, 2.24) is 5.32 Å². The second-order valence-electron chi connectivity index (χ2n) is 23.9. The summed E-state index contributed by atoms with van der Waals surface area (Å²) in [5.41, 5.74) is 0. The molecule has 0 heterocycles. The summed E-state index contributed by atoms with van der Waals surface area (Å²) in [6.07, 6.45) is 82.4. The quantitative estimate of drug-likeness (QED) is 0.0320. The van der Waals surface area contributed by atoms with Gasteiger partial charge in [0.15, 0.2) is 0 Å². The number of hydrogen-bond acceptors (Lipinski definition) is 5. The lowest BCUT2D eigenvalue weighted by molar-refractivity contribution is -0.143. The van der Waals surface area contributed by atoms with E-state index in [9.17, 15) is 19.8 Å². The summed E-state index contributed by atoms with van der Waals surface area (Å²) in [7, 11) is 0. The molecule has 0 bridgehead atoms. The lowest BCUT2D eigenvalue weighted by Crippen LogP contribution is -2.45. The Balaban J connectivity index is 3.46. The average Bonchev–Trinajstić information content (AvgIpc) is 3.42. The van der Waals surface area contributed by atoms with Crippen molar-refractivity contribution in [3.8, 4) is 0 Å². The zero-order valence-corrected chi connectivity index (χ0v) is 51.5. The molecule has 6 nitrogen and oxygen atoms in total. The predicted octanol–water partition coefficient (Wildman–Crippen LogP) is 22.1. The van der Waals surface area contributed by atoms with Crippen LogP contribution in [0.1, 0.15) is 386 Å². The third-order valence-corrected chi connectivity index (χ3v) is 16.2. The first-order chi connectivity index (χ1) is 37.5. The normalized spacial score (nSPS) is 12.6. The van der Waals surface area contributed by atoms with Gasteiger partial charge in [0.2, 0.25) is 5.91 Å². The number of carbonyl (C=O) groups is 2. The summed E-state index contributed by atoms with van der Waals surface area (Å²) >= 11 is 0. The maximum Gasteiger partial charge on any atom is 0.305 e. The minimum Gasteiger partial charge on any atom is -0.466 e. The minimum atomic E-state index is -0.855. The van der Waals surface area contributed by atoms with Crippen molar-refractivity contribution < 1.29 is 24.5 Å². The van der Waals surface area contributed by atoms with E-state index in [1.165, 1.54) is 302 Å². The second kappa shape index (κ2) is 65.9. The second-order valence-corrected chi connectivity index (χ2v) is 23.9. The highest BCUT2D eigenvalue weighted by Crippen LogP contribution is 2.18. The van der Waals surface area contributed by atoms with E-state index < -0.39 is 12.1 Å². The van der Waals surface area contributed by atoms with E-state index in [1.54, 1.807) is 6.08 Å². The number of esters is 1. The third-order valence-electron chi connectivity index (χ3n) is 16.2. The molecule has 76 heavy (non-hydrogen) atoms. The Labute approximate surface area is 475 Å². The molecular formula is C70H135NO5. The van der Waals surface area contributed by atoms with Gasteiger partial charge in [-0.2, -0.15) is 0 Å². The molecule has 0 aliphatic carbocycles. The molecule has 0 rings (SSSR count). The molecule has 2 unspecified atom stereocenters. The van der Waals surface area contributed by atoms with Crippen LogP contribution in [0.2, 0.25) is 0 Å². The first-order valence-electron chi connectivity index (χ1n) is 34.6. The number of allylic oxidation sites excluding steroid dienone is 3. The molecule has 3 N–H and O–H groups in total. The summed E-state index contributed by atoms with van der Waals surface area (Å²) in [4.78, 5) is 24.6. The lowest BCUT2D eigenvalue weighted by atomic mass is 10.0. The first-order valence-corrected chi connectivity index (χ1v) is 34.6. The number of nitrogens with one attached hydrogen (secondary N) is 1. The fourth-order valence-corrected chi connectivity index (χ4v) is 10.9. The standard InChI is InChI=1S/C70H135NO5/c1-3-5-7-9-11-13-15-17-19-21-22-23-24-25-26-27-28-31-34-38-42-46-50-54-58-62-68(73)67(66-72)71-69(74)63-59-55-51-47-43-39-35-32-29-30-33-37-41-45-49-53-57-61-65-76-70(75)64-60-56-52-48-44-40-36-20-18-16-14-12-10-8-6-4-2/h32,35,58,62,67-68,72-73H,3-31,33-34,36-57,59-61,63-66H2,1-2H3,(H,71,74)/b35-32-,62-58+. The van der Waals surface area contributed by atoms with Crippen molar-refractivity contribution in [2.45, 2.75) is 398 Å². The molecule has 0 aromatic rings. The van der Waals surface area contributed by atoms with Crippen molar-refractivity contribution in [2.75, 3.05) is 13.2 Å². The van der Waals surface area contributed by atoms with Gasteiger partial charge in [0.1, 0.15) is 0 Å². The van der Waals surface area contributed by atoms with Gasteiger partial charge in [-0.05, 0) is 57.8 Å². The lowest BCUT2D eigenvalue weighted by Gasteiger charge is -2.20. The van der Waals surface area contributed by atoms with Crippen LogP contribution in [0.4, 0.5) is 0 Å². The minimum absolute atomic E-state index is 0.00655. The summed E-state index contributed by atoms with van der Waals surface area (Å²) < 4.78 is 5.49. The molecule has 0 saturated heterocycles. The molecule has 450 valence electrons. The molecular weight excluding hydrogens is 935 g/mol. The maximum atomic E-state index is 12.5. The molecule has 0 spiro atoms. The van der Waals surface area contributed by atoms with E-state index in [1.807, 2.05) is 6.08 Å². The van der Waals surface area contributed by atoms with Crippen LogP contribution in [-0.2, 0) is 14.3 Å². The molecule has 6 heteroatoms. The number of aliphatic hydroxyl groups excluding tert-OH is 2. The smallest absolute Gasteiger partial charge is 0.305 e. The number of aliphatic hydroxyl groups is 2. The molecule has 0 aromatic carbocycles. The molecule has 1 amide bonds. The van der Waals surface area contributed by atoms with Crippen LogP contribution in [0.25, 0.3) is 0 Å². The summed E-state index contributed by atoms with van der Waals surface area (Å²) in [5.74, 6) is -0.0713. The molecule has 0 radical (unpaired) electrons. The van der Waals surface area contributed by atoms with Crippen LogP contribution < -0.4 is 5.32 Å². The highest BCUT2D eigenvalue weighted by atomic mass is 16.5. The SMILES string of the molecule is CCCCCCCCCCCCCCCCCCCCCCCCC/C=C/C(O)C(CO)NC(=O)CCCCCCC/C=C\CCCCCCCCCCCOC(=O)CCCCCCCCCCCCCCCCCC. The van der Waals surface area contributed by atoms with Crippen LogP contribution in [0.3, 0.4) is 0 Å². The Kier molecular flexibility index (Phi) is 64.4. The fraction of sp³-hybridized carbons (Fsp3) is 0.914. The van der Waals surface area contributed by atoms with E-state index in [0.717, 1.165) is 57.8 Å². The zero-order valence-electron chi connectivity index (χ0n) is 51.5. The Hall–Kier alpha value is -1.66. The van der Waals surface area contributed by atoms with Gasteiger partial charge >= 0.3 is 5.97 Å². The van der Waals surface area contributed by atoms with Crippen LogP contribution >= 0.6 is 0 Å². The van der Waals surface area contributed by atoms with Gasteiger partial charge < -0.3 is 20.3 Å². The highest BCUT2D eigenvalue weighted by molar-refractivity contribution is 5.76. The number of amides is 1. The van der Waals surface area contributed by atoms with Crippen LogP contribution in [0.5, 0.6) is 0 Å². The van der Waals surface area contributed by atoms with Crippen LogP contribution in [0.15, 0.2) is 24.3 Å². The van der Waals surface area contributed by atoms with Crippen molar-refractivity contribution in [3.63, 3.8) is 0 Å². The Morgan fingerprint density at radius 3 is 0.934 bits per heavy atom. The maximum absolute atomic E-state index is 12.5. The van der Waals surface area contributed by atoms with Crippen molar-refractivity contribution >= 4 is 11.9 Å². The number of ether oxygens (including phenoxy) is 1. The van der Waals surface area contributed by atoms with Crippen molar-refractivity contribution in [3.05, 3.63) is 24.3 Å². The van der Waals surface area contributed by atoms with Crippen molar-refractivity contribution in [2.24, 2.45) is 0 Å². The Morgan fingerprint density at radius 2 is 0.618 bits per heavy atom. The van der Waals surface area contributed by atoms with Gasteiger partial charge in [0.25, 0.3) is 0 Å². The van der Waals surface area contributed by atoms with E-state index in [-0.39, 0.29) is 18.5 Å². The Bertz CT molecular complexity index is 1190. The van der Waals surface area contributed by atoms with Gasteiger partial charge in [-0.3, -0.25) is 9.59 Å². The predicted molar refractivity (Wildman–Crippen MR) is 333 cm³/mol. The number of unbranched alkanes of at least 4 members (excludes halogenated alkanes) is 52. The molecule has 0 aliphatic rings. The summed E-state index contributed by atoms with van der Waals surface area (Å²) in [6.45, 7) is 4.93. The van der Waals surface area contributed by atoms with E-state index in [2.05, 4.69) is 31.3 Å². The number of rotatable bonds is 65. The van der Waals surface area contributed by atoms with Crippen LogP contribution in [-0.4, -0.2) is 47.4 Å². The van der Waals surface area contributed by atoms with Gasteiger partial charge in [-0.25, -0.2) is 0 Å². The molecule has 2 atom stereocenters. The molecule has 0 aliphatic heterocycles. The van der Waals surface area contributed by atoms with Crippen molar-refractivity contribution in [1.29, 1.82) is 0 Å². The molecule has 0 saturated carbocycles. The monoisotopic (exact) mass is 1070 g/mol. The third kappa shape index (κ3) is 61.6. The summed E-state index contributed by atoms with van der Waals surface area (Å²) in [6, 6.07) is -0.639. The van der Waals surface area contributed by atoms with Gasteiger partial charge in [0.05, 0.1) is 25.4 Å². The van der Waals surface area contributed by atoms with E-state index in [0.29, 0.717) is 19.4 Å². The Morgan fingerprint density at radius 1 is 0.355 bits per heavy atom. The van der Waals surface area contributed by atoms with E-state index in [4.69, 9.17) is 4.74 Å². The van der Waals surface area contributed by atoms with Gasteiger partial charge in [-0.1, -0.05) is 340 Å². The number of hydrogen-bond donors (Lipinski definition) is 3. The van der Waals surface area contributed by atoms with Gasteiger partial charge in [0, 0.05) is 12.8 Å². The summed E-state index contributed by atoms with van der Waals surface area (Å²) in [5, 5.41) is 23.3. The topological polar surface area (TPSA) is 95.9 Å². The number of carbonyl (C=O) groups excluding carboxylic acids is 2. The van der Waals surface area contributed by atoms with Gasteiger partial charge in [-0.15, -0.1) is 0 Å². The largest absolute Gasteiger partial charge is 0.466 e. The zero-order chi connectivity index (χ0) is 55.0. The van der Waals surface area contributed by atoms with E-state index >= 15 is 0 Å². The molecule has 0 aromatic heterocycles. The molecule has 0 fully saturated rings.